The lowest BCUT2D eigenvalue weighted by atomic mass is 10.3. The SMILES string of the molecule is Cn1c(=O)oc2ccc(NCC#N)cc21. The van der Waals surface area contributed by atoms with Crippen molar-refractivity contribution in [2.24, 2.45) is 7.05 Å². The number of nitrogens with zero attached hydrogens (tertiary/aromatic N) is 2. The van der Waals surface area contributed by atoms with Crippen LogP contribution in [0.15, 0.2) is 27.4 Å². The number of nitrogens with one attached hydrogen (secondary N) is 1. The third-order valence-electron chi connectivity index (χ3n) is 2.16. The molecule has 0 aliphatic heterocycles. The Hall–Kier alpha value is -2.22. The molecule has 1 heterocycles. The summed E-state index contributed by atoms with van der Waals surface area (Å²) in [6.07, 6.45) is 0. The Bertz CT molecular complexity index is 589. The van der Waals surface area contributed by atoms with Crippen molar-refractivity contribution in [2.45, 2.75) is 0 Å². The van der Waals surface area contributed by atoms with Crippen LogP contribution < -0.4 is 11.1 Å². The zero-order valence-corrected chi connectivity index (χ0v) is 8.15. The first-order valence-electron chi connectivity index (χ1n) is 4.43. The lowest BCUT2D eigenvalue weighted by Gasteiger charge is -2.00. The second kappa shape index (κ2) is 3.50. The largest absolute Gasteiger partial charge is 0.419 e. The van der Waals surface area contributed by atoms with Crippen LogP contribution in [-0.2, 0) is 7.05 Å². The smallest absolute Gasteiger partial charge is 0.408 e. The van der Waals surface area contributed by atoms with Crippen LogP contribution in [-0.4, -0.2) is 11.1 Å². The van der Waals surface area contributed by atoms with Crippen molar-refractivity contribution >= 4 is 16.8 Å². The summed E-state index contributed by atoms with van der Waals surface area (Å²) < 4.78 is 6.40. The van der Waals surface area contributed by atoms with Crippen LogP contribution >= 0.6 is 0 Å². The van der Waals surface area contributed by atoms with Gasteiger partial charge >= 0.3 is 5.76 Å². The van der Waals surface area contributed by atoms with Crippen molar-refractivity contribution in [2.75, 3.05) is 11.9 Å². The molecule has 76 valence electrons. The fourth-order valence-corrected chi connectivity index (χ4v) is 1.38. The summed E-state index contributed by atoms with van der Waals surface area (Å²) in [5.41, 5.74) is 2.05. The normalized spacial score (nSPS) is 10.1. The van der Waals surface area contributed by atoms with Gasteiger partial charge in [-0.25, -0.2) is 4.79 Å². The van der Waals surface area contributed by atoms with E-state index >= 15 is 0 Å². The molecule has 2 rings (SSSR count). The molecule has 0 bridgehead atoms. The zero-order valence-electron chi connectivity index (χ0n) is 8.15. The minimum Gasteiger partial charge on any atom is -0.408 e. The molecule has 0 aliphatic rings. The molecule has 5 nitrogen and oxygen atoms in total. The van der Waals surface area contributed by atoms with Crippen LogP contribution in [0.25, 0.3) is 11.1 Å². The summed E-state index contributed by atoms with van der Waals surface area (Å²) in [6, 6.07) is 7.23. The van der Waals surface area contributed by atoms with Gasteiger partial charge < -0.3 is 9.73 Å². The lowest BCUT2D eigenvalue weighted by molar-refractivity contribution is 0.528. The number of nitriles is 1. The van der Waals surface area contributed by atoms with Gasteiger partial charge in [-0.2, -0.15) is 5.26 Å². The van der Waals surface area contributed by atoms with Gasteiger partial charge in [0.05, 0.1) is 11.6 Å². The van der Waals surface area contributed by atoms with Gasteiger partial charge in [-0.1, -0.05) is 0 Å². The number of oxazole rings is 1. The number of fused-ring (bicyclic) bond motifs is 1. The molecule has 5 heteroatoms. The highest BCUT2D eigenvalue weighted by atomic mass is 16.4. The van der Waals surface area contributed by atoms with Crippen molar-refractivity contribution in [3.05, 3.63) is 28.7 Å². The monoisotopic (exact) mass is 203 g/mol. The van der Waals surface area contributed by atoms with Crippen LogP contribution in [0, 0.1) is 11.3 Å². The Morgan fingerprint density at radius 3 is 3.13 bits per heavy atom. The summed E-state index contributed by atoms with van der Waals surface area (Å²) in [7, 11) is 1.64. The number of hydrogen-bond acceptors (Lipinski definition) is 4. The maximum absolute atomic E-state index is 11.2. The van der Waals surface area contributed by atoms with Crippen LogP contribution in [0.4, 0.5) is 5.69 Å². The minimum absolute atomic E-state index is 0.233. The Morgan fingerprint density at radius 2 is 2.40 bits per heavy atom. The number of rotatable bonds is 2. The highest BCUT2D eigenvalue weighted by Crippen LogP contribution is 2.17. The summed E-state index contributed by atoms with van der Waals surface area (Å²) >= 11 is 0. The van der Waals surface area contributed by atoms with E-state index < -0.39 is 0 Å². The number of hydrogen-bond donors (Lipinski definition) is 1. The fourth-order valence-electron chi connectivity index (χ4n) is 1.38. The van der Waals surface area contributed by atoms with Crippen molar-refractivity contribution in [1.29, 1.82) is 5.26 Å². The van der Waals surface area contributed by atoms with E-state index in [1.807, 2.05) is 6.07 Å². The molecule has 0 fully saturated rings. The summed E-state index contributed by atoms with van der Waals surface area (Å²) in [5.74, 6) is -0.387. The van der Waals surface area contributed by atoms with Gasteiger partial charge in [0.1, 0.15) is 6.54 Å². The van der Waals surface area contributed by atoms with Gasteiger partial charge in [0.25, 0.3) is 0 Å². The molecule has 0 unspecified atom stereocenters. The molecule has 0 saturated carbocycles. The molecule has 0 aliphatic carbocycles. The van der Waals surface area contributed by atoms with E-state index in [1.54, 1.807) is 25.2 Å². The highest BCUT2D eigenvalue weighted by molar-refractivity contribution is 5.77. The van der Waals surface area contributed by atoms with Crippen LogP contribution in [0.5, 0.6) is 0 Å². The van der Waals surface area contributed by atoms with E-state index in [0.29, 0.717) is 11.1 Å². The number of aromatic nitrogens is 1. The topological polar surface area (TPSA) is 71.0 Å². The van der Waals surface area contributed by atoms with Crippen LogP contribution in [0.3, 0.4) is 0 Å². The average molecular weight is 203 g/mol. The highest BCUT2D eigenvalue weighted by Gasteiger charge is 2.05. The number of benzene rings is 1. The predicted octanol–water partition coefficient (Wildman–Crippen LogP) is 1.07. The zero-order chi connectivity index (χ0) is 10.8. The second-order valence-electron chi connectivity index (χ2n) is 3.12. The standard InChI is InChI=1S/C10H9N3O2/c1-13-8-6-7(12-5-4-11)2-3-9(8)15-10(13)14/h2-3,6,12H,5H2,1H3. The molecule has 1 aromatic carbocycles. The molecule has 1 aromatic heterocycles. The van der Waals surface area contributed by atoms with E-state index in [0.717, 1.165) is 5.69 Å². The minimum atomic E-state index is -0.387. The molecule has 15 heavy (non-hydrogen) atoms. The van der Waals surface area contributed by atoms with E-state index in [9.17, 15) is 4.79 Å². The van der Waals surface area contributed by atoms with E-state index in [1.165, 1.54) is 4.57 Å². The molecule has 0 amide bonds. The van der Waals surface area contributed by atoms with Gasteiger partial charge in [-0.3, -0.25) is 4.57 Å². The molecular formula is C10H9N3O2. The third-order valence-corrected chi connectivity index (χ3v) is 2.16. The molecule has 2 aromatic rings. The fraction of sp³-hybridized carbons (Fsp3) is 0.200. The summed E-state index contributed by atoms with van der Waals surface area (Å²) in [4.78, 5) is 11.2. The summed E-state index contributed by atoms with van der Waals surface area (Å²) in [6.45, 7) is 0.233. The number of aryl methyl sites for hydroxylation is 1. The van der Waals surface area contributed by atoms with Crippen molar-refractivity contribution in [1.82, 2.24) is 4.57 Å². The maximum Gasteiger partial charge on any atom is 0.419 e. The molecular weight excluding hydrogens is 194 g/mol. The van der Waals surface area contributed by atoms with Crippen molar-refractivity contribution in [3.63, 3.8) is 0 Å². The third kappa shape index (κ3) is 1.57. The first-order valence-corrected chi connectivity index (χ1v) is 4.43. The maximum atomic E-state index is 11.2. The molecule has 1 N–H and O–H groups in total. The van der Waals surface area contributed by atoms with Gasteiger partial charge in [-0.05, 0) is 18.2 Å². The van der Waals surface area contributed by atoms with Crippen molar-refractivity contribution in [3.8, 4) is 6.07 Å². The molecule has 0 spiro atoms. The van der Waals surface area contributed by atoms with Crippen molar-refractivity contribution < 1.29 is 4.42 Å². The summed E-state index contributed by atoms with van der Waals surface area (Å²) in [5, 5.41) is 11.3. The Balaban J connectivity index is 2.51. The van der Waals surface area contributed by atoms with E-state index in [2.05, 4.69) is 5.32 Å². The van der Waals surface area contributed by atoms with Crippen LogP contribution in [0.1, 0.15) is 0 Å². The van der Waals surface area contributed by atoms with E-state index in [4.69, 9.17) is 9.68 Å². The predicted molar refractivity (Wildman–Crippen MR) is 55.6 cm³/mol. The van der Waals surface area contributed by atoms with Gasteiger partial charge in [0.2, 0.25) is 0 Å². The van der Waals surface area contributed by atoms with Gasteiger partial charge in [0, 0.05) is 12.7 Å². The average Bonchev–Trinajstić information content (AvgIpc) is 2.52. The van der Waals surface area contributed by atoms with Gasteiger partial charge in [0.15, 0.2) is 5.58 Å². The van der Waals surface area contributed by atoms with Gasteiger partial charge in [-0.15, -0.1) is 0 Å². The Kier molecular flexibility index (Phi) is 2.18. The number of anilines is 1. The first-order chi connectivity index (χ1) is 7.22. The Labute approximate surface area is 85.5 Å². The molecule has 0 saturated heterocycles. The van der Waals surface area contributed by atoms with E-state index in [-0.39, 0.29) is 12.3 Å². The molecule has 0 atom stereocenters. The molecule has 0 radical (unpaired) electrons. The van der Waals surface area contributed by atoms with Crippen LogP contribution in [0.2, 0.25) is 0 Å². The first kappa shape index (κ1) is 9.34. The quantitative estimate of drug-likeness (QED) is 0.741. The Morgan fingerprint density at radius 1 is 1.60 bits per heavy atom. The lowest BCUT2D eigenvalue weighted by Crippen LogP contribution is -2.08. The second-order valence-corrected chi connectivity index (χ2v) is 3.12.